The average Bonchev–Trinajstić information content (AvgIpc) is 2.90. The van der Waals surface area contributed by atoms with Crippen LogP contribution < -0.4 is 11.1 Å². The molecule has 2 rings (SSSR count). The third kappa shape index (κ3) is 2.60. The van der Waals surface area contributed by atoms with E-state index >= 15 is 0 Å². The van der Waals surface area contributed by atoms with Crippen molar-refractivity contribution in [3.63, 3.8) is 0 Å². The maximum atomic E-state index is 11.5. The second-order valence-electron chi connectivity index (χ2n) is 3.60. The predicted octanol–water partition coefficient (Wildman–Crippen LogP) is 2.12. The lowest BCUT2D eigenvalue weighted by Gasteiger charge is -2.10. The number of hydrogen-bond donors (Lipinski definition) is 2. The predicted molar refractivity (Wildman–Crippen MR) is 71.6 cm³/mol. The van der Waals surface area contributed by atoms with E-state index in [-0.39, 0.29) is 0 Å². The molecule has 18 heavy (non-hydrogen) atoms. The Bertz CT molecular complexity index is 540. The number of nitrogen functional groups attached to an aromatic ring is 1. The number of carbonyl (C=O) groups excluding carboxylic acids is 1. The Morgan fingerprint density at radius 2 is 2.39 bits per heavy atom. The van der Waals surface area contributed by atoms with E-state index in [1.807, 2.05) is 16.8 Å². The van der Waals surface area contributed by atoms with Crippen LogP contribution in [0, 0.1) is 0 Å². The summed E-state index contributed by atoms with van der Waals surface area (Å²) in [6, 6.07) is 3.55. The number of anilines is 2. The molecule has 0 amide bonds. The van der Waals surface area contributed by atoms with Gasteiger partial charge in [0.2, 0.25) is 0 Å². The molecule has 94 valence electrons. The average molecular weight is 263 g/mol. The summed E-state index contributed by atoms with van der Waals surface area (Å²) in [4.78, 5) is 15.6. The molecule has 0 radical (unpaired) electrons. The van der Waals surface area contributed by atoms with Gasteiger partial charge in [-0.1, -0.05) is 0 Å². The summed E-state index contributed by atoms with van der Waals surface area (Å²) >= 11 is 1.62. The van der Waals surface area contributed by atoms with Crippen LogP contribution in [0.5, 0.6) is 0 Å². The van der Waals surface area contributed by atoms with Crippen molar-refractivity contribution in [2.45, 2.75) is 6.54 Å². The number of carbonyl (C=O) groups is 1. The molecule has 0 bridgehead atoms. The Kier molecular flexibility index (Phi) is 3.78. The van der Waals surface area contributed by atoms with E-state index in [9.17, 15) is 4.79 Å². The number of aromatic nitrogens is 1. The van der Waals surface area contributed by atoms with Gasteiger partial charge in [-0.3, -0.25) is 0 Å². The zero-order chi connectivity index (χ0) is 13.0. The molecule has 0 saturated heterocycles. The van der Waals surface area contributed by atoms with E-state index in [0.717, 1.165) is 5.56 Å². The van der Waals surface area contributed by atoms with E-state index < -0.39 is 5.97 Å². The number of esters is 1. The summed E-state index contributed by atoms with van der Waals surface area (Å²) in [6.45, 7) is 0.616. The molecular weight excluding hydrogens is 250 g/mol. The van der Waals surface area contributed by atoms with Crippen LogP contribution in [0.3, 0.4) is 0 Å². The topological polar surface area (TPSA) is 77.2 Å². The lowest BCUT2D eigenvalue weighted by atomic mass is 10.2. The molecule has 2 heterocycles. The quantitative estimate of drug-likeness (QED) is 0.826. The molecule has 0 aromatic carbocycles. The van der Waals surface area contributed by atoms with Gasteiger partial charge in [0.1, 0.15) is 5.82 Å². The first-order valence-electron chi connectivity index (χ1n) is 5.30. The van der Waals surface area contributed by atoms with Crippen molar-refractivity contribution in [2.24, 2.45) is 0 Å². The Morgan fingerprint density at radius 1 is 1.56 bits per heavy atom. The van der Waals surface area contributed by atoms with Gasteiger partial charge >= 0.3 is 5.97 Å². The van der Waals surface area contributed by atoms with Gasteiger partial charge in [-0.05, 0) is 28.5 Å². The number of pyridine rings is 1. The zero-order valence-corrected chi connectivity index (χ0v) is 10.7. The highest BCUT2D eigenvalue weighted by molar-refractivity contribution is 7.07. The first-order valence-corrected chi connectivity index (χ1v) is 6.24. The van der Waals surface area contributed by atoms with Crippen molar-refractivity contribution in [2.75, 3.05) is 18.2 Å². The molecule has 2 aromatic rings. The van der Waals surface area contributed by atoms with Gasteiger partial charge in [0.15, 0.2) is 0 Å². The molecular formula is C12H13N3O2S. The molecule has 0 atom stereocenters. The first-order chi connectivity index (χ1) is 8.72. The SMILES string of the molecule is COC(=O)c1ccnc(NCc2ccsc2)c1N. The molecule has 0 spiro atoms. The summed E-state index contributed by atoms with van der Waals surface area (Å²) in [5.41, 5.74) is 7.64. The van der Waals surface area contributed by atoms with Crippen molar-refractivity contribution >= 4 is 28.8 Å². The van der Waals surface area contributed by atoms with Crippen LogP contribution in [0.4, 0.5) is 11.5 Å². The molecule has 2 aromatic heterocycles. The molecule has 0 saturated carbocycles. The lowest BCUT2D eigenvalue weighted by Crippen LogP contribution is -2.10. The standard InChI is InChI=1S/C12H13N3O2S/c1-17-12(16)9-2-4-14-11(10(9)13)15-6-8-3-5-18-7-8/h2-5,7H,6,13H2,1H3,(H,14,15). The van der Waals surface area contributed by atoms with E-state index in [1.54, 1.807) is 11.3 Å². The highest BCUT2D eigenvalue weighted by atomic mass is 32.1. The van der Waals surface area contributed by atoms with Crippen LogP contribution in [0.1, 0.15) is 15.9 Å². The molecule has 0 unspecified atom stereocenters. The summed E-state index contributed by atoms with van der Waals surface area (Å²) in [5, 5.41) is 7.13. The number of thiophene rings is 1. The molecule has 3 N–H and O–H groups in total. The van der Waals surface area contributed by atoms with Gasteiger partial charge in [-0.25, -0.2) is 9.78 Å². The minimum Gasteiger partial charge on any atom is -0.465 e. The summed E-state index contributed by atoms with van der Waals surface area (Å²) in [7, 11) is 1.32. The van der Waals surface area contributed by atoms with Crippen LogP contribution in [0.25, 0.3) is 0 Å². The van der Waals surface area contributed by atoms with Gasteiger partial charge in [0, 0.05) is 12.7 Å². The van der Waals surface area contributed by atoms with Crippen LogP contribution in [-0.4, -0.2) is 18.1 Å². The molecule has 6 heteroatoms. The van der Waals surface area contributed by atoms with E-state index in [2.05, 4.69) is 15.0 Å². The Hall–Kier alpha value is -2.08. The fourth-order valence-corrected chi connectivity index (χ4v) is 2.15. The van der Waals surface area contributed by atoms with E-state index in [0.29, 0.717) is 23.6 Å². The van der Waals surface area contributed by atoms with Gasteiger partial charge in [0.05, 0.1) is 18.4 Å². The van der Waals surface area contributed by atoms with Crippen LogP contribution in [0.2, 0.25) is 0 Å². The second kappa shape index (κ2) is 5.50. The zero-order valence-electron chi connectivity index (χ0n) is 9.84. The summed E-state index contributed by atoms with van der Waals surface area (Å²) in [5.74, 6) is 0.0255. The Balaban J connectivity index is 2.16. The number of nitrogens with one attached hydrogen (secondary N) is 1. The highest BCUT2D eigenvalue weighted by Crippen LogP contribution is 2.21. The normalized spacial score (nSPS) is 10.1. The minimum atomic E-state index is -0.464. The fourth-order valence-electron chi connectivity index (χ4n) is 1.48. The summed E-state index contributed by atoms with van der Waals surface area (Å²) in [6.07, 6.45) is 1.53. The number of methoxy groups -OCH3 is 1. The van der Waals surface area contributed by atoms with Crippen molar-refractivity contribution in [1.82, 2.24) is 4.98 Å². The third-order valence-electron chi connectivity index (χ3n) is 2.44. The number of nitrogens with two attached hydrogens (primary N) is 1. The maximum Gasteiger partial charge on any atom is 0.340 e. The van der Waals surface area contributed by atoms with Crippen LogP contribution >= 0.6 is 11.3 Å². The third-order valence-corrected chi connectivity index (χ3v) is 3.17. The number of rotatable bonds is 4. The molecule has 0 fully saturated rings. The lowest BCUT2D eigenvalue weighted by molar-refractivity contribution is 0.0602. The second-order valence-corrected chi connectivity index (χ2v) is 4.38. The van der Waals surface area contributed by atoms with Gasteiger partial charge in [0.25, 0.3) is 0 Å². The molecule has 0 aliphatic heterocycles. The number of hydrogen-bond acceptors (Lipinski definition) is 6. The van der Waals surface area contributed by atoms with Gasteiger partial charge in [-0.15, -0.1) is 0 Å². The largest absolute Gasteiger partial charge is 0.465 e. The smallest absolute Gasteiger partial charge is 0.340 e. The highest BCUT2D eigenvalue weighted by Gasteiger charge is 2.13. The van der Waals surface area contributed by atoms with Crippen LogP contribution in [0.15, 0.2) is 29.1 Å². The van der Waals surface area contributed by atoms with Gasteiger partial charge < -0.3 is 15.8 Å². The number of ether oxygens (including phenoxy) is 1. The van der Waals surface area contributed by atoms with E-state index in [4.69, 9.17) is 5.73 Å². The van der Waals surface area contributed by atoms with Crippen LogP contribution in [-0.2, 0) is 11.3 Å². The molecule has 0 aliphatic rings. The maximum absolute atomic E-state index is 11.5. The number of nitrogens with zero attached hydrogens (tertiary/aromatic N) is 1. The van der Waals surface area contributed by atoms with Crippen molar-refractivity contribution in [3.8, 4) is 0 Å². The van der Waals surface area contributed by atoms with Crippen molar-refractivity contribution < 1.29 is 9.53 Å². The van der Waals surface area contributed by atoms with E-state index in [1.165, 1.54) is 19.4 Å². The molecule has 0 aliphatic carbocycles. The van der Waals surface area contributed by atoms with Gasteiger partial charge in [-0.2, -0.15) is 11.3 Å². The summed E-state index contributed by atoms with van der Waals surface area (Å²) < 4.78 is 4.65. The fraction of sp³-hybridized carbons (Fsp3) is 0.167. The molecule has 5 nitrogen and oxygen atoms in total. The Labute approximate surface area is 109 Å². The monoisotopic (exact) mass is 263 g/mol. The van der Waals surface area contributed by atoms with Crippen molar-refractivity contribution in [1.29, 1.82) is 0 Å². The minimum absolute atomic E-state index is 0.305. The van der Waals surface area contributed by atoms with Crippen molar-refractivity contribution in [3.05, 3.63) is 40.2 Å². The Morgan fingerprint density at radius 3 is 3.06 bits per heavy atom. The first kappa shape index (κ1) is 12.4.